The number of carbonyl (C=O) groups is 2. The molecule has 3 rings (SSSR count). The number of unbranched alkanes of at least 4 members (excludes halogenated alkanes) is 2. The number of nitrogens with one attached hydrogen (secondary N) is 2. The largest absolute Gasteiger partial charge is 0.497 e. The minimum Gasteiger partial charge on any atom is -0.497 e. The number of benzene rings is 2. The van der Waals surface area contributed by atoms with Gasteiger partial charge >= 0.3 is 0 Å². The van der Waals surface area contributed by atoms with Gasteiger partial charge in [-0.25, -0.2) is 4.68 Å². The summed E-state index contributed by atoms with van der Waals surface area (Å²) in [6.45, 7) is 2.48. The van der Waals surface area contributed by atoms with Gasteiger partial charge in [-0.05, 0) is 36.3 Å². The molecule has 1 aromatic heterocycles. The Hall–Kier alpha value is -4.14. The molecular weight excluding hydrogens is 436 g/mol. The Morgan fingerprint density at radius 1 is 1.00 bits per heavy atom. The van der Waals surface area contributed by atoms with Crippen LogP contribution >= 0.6 is 0 Å². The van der Waals surface area contributed by atoms with Crippen molar-refractivity contribution in [3.05, 3.63) is 70.2 Å². The number of hydrazine groups is 1. The molecule has 2 aromatic carbocycles. The van der Waals surface area contributed by atoms with Crippen molar-refractivity contribution in [3.8, 4) is 11.5 Å². The number of fused-ring (bicyclic) bond motifs is 1. The van der Waals surface area contributed by atoms with E-state index in [4.69, 9.17) is 9.47 Å². The summed E-state index contributed by atoms with van der Waals surface area (Å²) in [5.74, 6) is 0.000370. The molecule has 9 nitrogen and oxygen atoms in total. The van der Waals surface area contributed by atoms with E-state index in [1.807, 2.05) is 0 Å². The van der Waals surface area contributed by atoms with Gasteiger partial charge in [0.25, 0.3) is 17.4 Å². The first kappa shape index (κ1) is 24.5. The second kappa shape index (κ2) is 11.6. The summed E-state index contributed by atoms with van der Waals surface area (Å²) < 4.78 is 11.7. The molecule has 0 aliphatic rings. The highest BCUT2D eigenvalue weighted by Gasteiger charge is 2.17. The molecule has 0 unspecified atom stereocenters. The fourth-order valence-electron chi connectivity index (χ4n) is 3.38. The van der Waals surface area contributed by atoms with Crippen LogP contribution < -0.4 is 25.9 Å². The fraction of sp³-hybridized carbons (Fsp3) is 0.280. The van der Waals surface area contributed by atoms with Crippen molar-refractivity contribution in [1.29, 1.82) is 0 Å². The highest BCUT2D eigenvalue weighted by Crippen LogP contribution is 2.23. The van der Waals surface area contributed by atoms with Gasteiger partial charge in [0.05, 0.1) is 19.6 Å². The van der Waals surface area contributed by atoms with E-state index in [9.17, 15) is 14.4 Å². The minimum absolute atomic E-state index is 0.0634. The van der Waals surface area contributed by atoms with Crippen molar-refractivity contribution < 1.29 is 19.1 Å². The highest BCUT2D eigenvalue weighted by molar-refractivity contribution is 6.05. The van der Waals surface area contributed by atoms with E-state index in [1.165, 1.54) is 25.0 Å². The first-order valence-electron chi connectivity index (χ1n) is 11.0. The number of hydrogen-bond acceptors (Lipinski definition) is 6. The second-order valence-electron chi connectivity index (χ2n) is 7.55. The van der Waals surface area contributed by atoms with Crippen molar-refractivity contribution in [1.82, 2.24) is 20.6 Å². The molecule has 0 spiro atoms. The third kappa shape index (κ3) is 6.00. The normalized spacial score (nSPS) is 10.9. The second-order valence-corrected chi connectivity index (χ2v) is 7.55. The van der Waals surface area contributed by atoms with Crippen LogP contribution in [-0.4, -0.2) is 35.8 Å². The maximum absolute atomic E-state index is 12.8. The van der Waals surface area contributed by atoms with Crippen molar-refractivity contribution in [3.63, 3.8) is 0 Å². The zero-order valence-electron chi connectivity index (χ0n) is 19.5. The SMILES string of the molecule is CCCCCn1nc(C(=O)NNC(=O)/C=C/c2cc(OC)cc(OC)c2)c2ccccc2c1=O. The number of carbonyl (C=O) groups excluding carboxylic acids is 2. The molecule has 0 aliphatic carbocycles. The van der Waals surface area contributed by atoms with Crippen molar-refractivity contribution in [2.45, 2.75) is 32.7 Å². The van der Waals surface area contributed by atoms with Gasteiger partial charge in [0.1, 0.15) is 11.5 Å². The number of methoxy groups -OCH3 is 2. The Bertz CT molecular complexity index is 1240. The summed E-state index contributed by atoms with van der Waals surface area (Å²) in [4.78, 5) is 37.9. The third-order valence-corrected chi connectivity index (χ3v) is 5.16. The highest BCUT2D eigenvalue weighted by atomic mass is 16.5. The topological polar surface area (TPSA) is 112 Å². The molecular formula is C25H28N4O5. The van der Waals surface area contributed by atoms with Gasteiger partial charge in [0.2, 0.25) is 0 Å². The molecule has 0 fully saturated rings. The van der Waals surface area contributed by atoms with Crippen LogP contribution in [0.1, 0.15) is 42.2 Å². The summed E-state index contributed by atoms with van der Waals surface area (Å²) in [6.07, 6.45) is 5.56. The van der Waals surface area contributed by atoms with Gasteiger partial charge in [-0.3, -0.25) is 25.2 Å². The predicted octanol–water partition coefficient (Wildman–Crippen LogP) is 3.08. The van der Waals surface area contributed by atoms with Crippen molar-refractivity contribution in [2.75, 3.05) is 14.2 Å². The Labute approximate surface area is 197 Å². The number of aryl methyl sites for hydroxylation is 1. The van der Waals surface area contributed by atoms with Crippen LogP contribution in [0.15, 0.2) is 53.3 Å². The molecule has 178 valence electrons. The van der Waals surface area contributed by atoms with Gasteiger partial charge < -0.3 is 9.47 Å². The summed E-state index contributed by atoms with van der Waals surface area (Å²) >= 11 is 0. The Kier molecular flexibility index (Phi) is 8.39. The average molecular weight is 465 g/mol. The number of ether oxygens (including phenoxy) is 2. The average Bonchev–Trinajstić information content (AvgIpc) is 2.87. The van der Waals surface area contributed by atoms with Crippen LogP contribution in [0, 0.1) is 0 Å². The molecule has 0 bridgehead atoms. The van der Waals surface area contributed by atoms with E-state index in [2.05, 4.69) is 22.9 Å². The number of aromatic nitrogens is 2. The first-order chi connectivity index (χ1) is 16.5. The van der Waals surface area contributed by atoms with Crippen LogP contribution in [0.2, 0.25) is 0 Å². The molecule has 0 atom stereocenters. The molecule has 2 N–H and O–H groups in total. The monoisotopic (exact) mass is 464 g/mol. The Morgan fingerprint density at radius 2 is 1.68 bits per heavy atom. The van der Waals surface area contributed by atoms with Crippen LogP contribution in [-0.2, 0) is 11.3 Å². The predicted molar refractivity (Wildman–Crippen MR) is 130 cm³/mol. The van der Waals surface area contributed by atoms with E-state index >= 15 is 0 Å². The lowest BCUT2D eigenvalue weighted by molar-refractivity contribution is -0.117. The number of hydrogen-bond donors (Lipinski definition) is 2. The van der Waals surface area contributed by atoms with E-state index in [-0.39, 0.29) is 11.3 Å². The Balaban J connectivity index is 1.75. The molecule has 0 aliphatic heterocycles. The van der Waals surface area contributed by atoms with Crippen LogP contribution in [0.4, 0.5) is 0 Å². The van der Waals surface area contributed by atoms with Gasteiger partial charge in [-0.2, -0.15) is 5.10 Å². The van der Waals surface area contributed by atoms with Gasteiger partial charge in [-0.1, -0.05) is 38.0 Å². The minimum atomic E-state index is -0.620. The van der Waals surface area contributed by atoms with Gasteiger partial charge in [0, 0.05) is 24.1 Å². The Morgan fingerprint density at radius 3 is 2.32 bits per heavy atom. The van der Waals surface area contributed by atoms with E-state index < -0.39 is 11.8 Å². The summed E-state index contributed by atoms with van der Waals surface area (Å²) in [7, 11) is 3.07. The molecule has 0 radical (unpaired) electrons. The molecule has 34 heavy (non-hydrogen) atoms. The zero-order chi connectivity index (χ0) is 24.5. The fourth-order valence-corrected chi connectivity index (χ4v) is 3.38. The summed E-state index contributed by atoms with van der Waals surface area (Å²) in [5, 5.41) is 5.10. The van der Waals surface area contributed by atoms with E-state index in [1.54, 1.807) is 48.5 Å². The van der Waals surface area contributed by atoms with Gasteiger partial charge in [0.15, 0.2) is 5.69 Å². The van der Waals surface area contributed by atoms with Crippen LogP contribution in [0.25, 0.3) is 16.8 Å². The number of nitrogens with zero attached hydrogens (tertiary/aromatic N) is 2. The van der Waals surface area contributed by atoms with E-state index in [0.717, 1.165) is 19.3 Å². The maximum atomic E-state index is 12.8. The summed E-state index contributed by atoms with van der Waals surface area (Å²) in [6, 6.07) is 12.0. The first-order valence-corrected chi connectivity index (χ1v) is 11.0. The van der Waals surface area contributed by atoms with Crippen LogP contribution in [0.5, 0.6) is 11.5 Å². The molecule has 9 heteroatoms. The molecule has 0 saturated carbocycles. The molecule has 3 aromatic rings. The smallest absolute Gasteiger partial charge is 0.290 e. The standard InChI is InChI=1S/C25H28N4O5/c1-4-5-8-13-29-25(32)21-10-7-6-9-20(21)23(28-29)24(31)27-26-22(30)12-11-17-14-18(33-2)16-19(15-17)34-3/h6-7,9-12,14-16H,4-5,8,13H2,1-3H3,(H,26,30)(H,27,31)/b12-11+. The third-order valence-electron chi connectivity index (χ3n) is 5.16. The van der Waals surface area contributed by atoms with Gasteiger partial charge in [-0.15, -0.1) is 0 Å². The van der Waals surface area contributed by atoms with E-state index in [0.29, 0.717) is 34.4 Å². The number of rotatable bonds is 9. The molecule has 1 heterocycles. The van der Waals surface area contributed by atoms with Crippen molar-refractivity contribution >= 4 is 28.7 Å². The summed E-state index contributed by atoms with van der Waals surface area (Å²) in [5.41, 5.74) is 5.22. The maximum Gasteiger partial charge on any atom is 0.290 e. The quantitative estimate of drug-likeness (QED) is 0.286. The number of amides is 2. The lowest BCUT2D eigenvalue weighted by Crippen LogP contribution is -2.42. The lowest BCUT2D eigenvalue weighted by Gasteiger charge is -2.11. The van der Waals surface area contributed by atoms with Crippen molar-refractivity contribution in [2.24, 2.45) is 0 Å². The molecule has 0 saturated heterocycles. The lowest BCUT2D eigenvalue weighted by atomic mass is 10.1. The van der Waals surface area contributed by atoms with Crippen LogP contribution in [0.3, 0.4) is 0 Å². The molecule has 2 amide bonds. The zero-order valence-corrected chi connectivity index (χ0v) is 19.5.